The van der Waals surface area contributed by atoms with E-state index in [0.717, 1.165) is 11.3 Å². The van der Waals surface area contributed by atoms with Gasteiger partial charge in [0.25, 0.3) is 0 Å². The minimum atomic E-state index is 0.131. The number of aromatic nitrogens is 7. The van der Waals surface area contributed by atoms with Crippen LogP contribution in [0.3, 0.4) is 0 Å². The maximum Gasteiger partial charge on any atom is 0.162 e. The molecule has 4 aromatic rings. The van der Waals surface area contributed by atoms with Crippen molar-refractivity contribution >= 4 is 17.4 Å². The van der Waals surface area contributed by atoms with Gasteiger partial charge in [-0.15, -0.1) is 5.10 Å². The van der Waals surface area contributed by atoms with Crippen LogP contribution in [0.4, 0.5) is 5.82 Å². The molecule has 0 saturated carbocycles. The molecule has 10 heteroatoms. The lowest BCUT2D eigenvalue weighted by molar-refractivity contribution is 0.637. The van der Waals surface area contributed by atoms with Gasteiger partial charge >= 0.3 is 0 Å². The Bertz CT molecular complexity index is 1190. The maximum absolute atomic E-state index is 9.26. The number of halogens is 1. The molecule has 9 nitrogen and oxygen atoms in total. The summed E-state index contributed by atoms with van der Waals surface area (Å²) in [7, 11) is 0. The molecule has 0 spiro atoms. The molecule has 0 amide bonds. The number of benzene rings is 1. The third-order valence-electron chi connectivity index (χ3n) is 4.24. The van der Waals surface area contributed by atoms with Gasteiger partial charge in [0, 0.05) is 11.8 Å². The largest absolute Gasteiger partial charge is 0.382 e. The third kappa shape index (κ3) is 3.17. The van der Waals surface area contributed by atoms with Crippen LogP contribution in [0.1, 0.15) is 16.8 Å². The number of nitrogens with zero attached hydrogens (tertiary/aromatic N) is 7. The van der Waals surface area contributed by atoms with E-state index in [0.29, 0.717) is 34.9 Å². The molecule has 3 aromatic heterocycles. The average molecular weight is 392 g/mol. The number of rotatable bonds is 4. The quantitative estimate of drug-likeness (QED) is 0.545. The lowest BCUT2D eigenvalue weighted by atomic mass is 10.0. The zero-order chi connectivity index (χ0) is 19.7. The highest BCUT2D eigenvalue weighted by atomic mass is 35.5. The normalized spacial score (nSPS) is 10.8. The Morgan fingerprint density at radius 2 is 2.14 bits per heavy atom. The van der Waals surface area contributed by atoms with E-state index in [1.54, 1.807) is 29.2 Å². The molecule has 3 N–H and O–H groups in total. The Labute approximate surface area is 164 Å². The lowest BCUT2D eigenvalue weighted by Crippen LogP contribution is -2.02. The molecule has 138 valence electrons. The number of anilines is 1. The molecule has 0 saturated heterocycles. The van der Waals surface area contributed by atoms with Crippen molar-refractivity contribution in [3.05, 3.63) is 58.5 Å². The second-order valence-corrected chi connectivity index (χ2v) is 6.45. The molecule has 0 unspecified atom stereocenters. The first kappa shape index (κ1) is 17.6. The first-order valence-electron chi connectivity index (χ1n) is 8.28. The lowest BCUT2D eigenvalue weighted by Gasteiger charge is -2.09. The smallest absolute Gasteiger partial charge is 0.162 e. The highest BCUT2D eigenvalue weighted by molar-refractivity contribution is 6.35. The Kier molecular flexibility index (Phi) is 4.47. The van der Waals surface area contributed by atoms with Crippen LogP contribution in [0.5, 0.6) is 0 Å². The Hall–Kier alpha value is -3.77. The fourth-order valence-corrected chi connectivity index (χ4v) is 2.97. The summed E-state index contributed by atoms with van der Waals surface area (Å²) in [5, 5.41) is 24.5. The summed E-state index contributed by atoms with van der Waals surface area (Å²) in [6.45, 7) is 2.31. The van der Waals surface area contributed by atoms with Crippen molar-refractivity contribution in [2.75, 3.05) is 5.73 Å². The van der Waals surface area contributed by atoms with Crippen molar-refractivity contribution in [2.24, 2.45) is 0 Å². The summed E-state index contributed by atoms with van der Waals surface area (Å²) in [5.74, 6) is 0.501. The molecule has 1 aromatic carbocycles. The first-order chi connectivity index (χ1) is 13.6. The van der Waals surface area contributed by atoms with Crippen molar-refractivity contribution in [3.63, 3.8) is 0 Å². The molecular formula is C18H14ClN9. The second kappa shape index (κ2) is 7.09. The van der Waals surface area contributed by atoms with Crippen LogP contribution in [-0.4, -0.2) is 35.2 Å². The molecule has 3 heterocycles. The van der Waals surface area contributed by atoms with Crippen LogP contribution >= 0.6 is 11.6 Å². The van der Waals surface area contributed by atoms with Crippen LogP contribution in [0.25, 0.3) is 22.8 Å². The van der Waals surface area contributed by atoms with Gasteiger partial charge in [0.15, 0.2) is 5.82 Å². The molecular weight excluding hydrogens is 378 g/mol. The molecule has 0 atom stereocenters. The number of nitriles is 1. The van der Waals surface area contributed by atoms with E-state index in [9.17, 15) is 5.26 Å². The first-order valence-corrected chi connectivity index (χ1v) is 8.66. The van der Waals surface area contributed by atoms with Crippen LogP contribution < -0.4 is 5.73 Å². The van der Waals surface area contributed by atoms with Gasteiger partial charge in [-0.2, -0.15) is 10.4 Å². The van der Waals surface area contributed by atoms with Gasteiger partial charge < -0.3 is 5.73 Å². The summed E-state index contributed by atoms with van der Waals surface area (Å²) in [4.78, 5) is 8.84. The Balaban J connectivity index is 1.77. The molecule has 0 bridgehead atoms. The molecule has 0 fully saturated rings. The monoisotopic (exact) mass is 391 g/mol. The topological polar surface area (TPSA) is 135 Å². The summed E-state index contributed by atoms with van der Waals surface area (Å²) in [6, 6.07) is 9.34. The van der Waals surface area contributed by atoms with Crippen molar-refractivity contribution in [1.82, 2.24) is 35.2 Å². The highest BCUT2D eigenvalue weighted by Crippen LogP contribution is 2.32. The maximum atomic E-state index is 9.26. The number of H-pyrrole nitrogens is 1. The number of hydrogen-bond acceptors (Lipinski definition) is 7. The molecule has 4 rings (SSSR count). The number of aromatic amines is 1. The number of nitrogens with one attached hydrogen (secondary N) is 1. The summed E-state index contributed by atoms with van der Waals surface area (Å²) >= 11 is 6.34. The van der Waals surface area contributed by atoms with Crippen LogP contribution in [-0.2, 0) is 6.54 Å². The third-order valence-corrected chi connectivity index (χ3v) is 4.62. The van der Waals surface area contributed by atoms with E-state index in [4.69, 9.17) is 17.3 Å². The zero-order valence-electron chi connectivity index (χ0n) is 14.8. The zero-order valence-corrected chi connectivity index (χ0v) is 15.5. The fraction of sp³-hybridized carbons (Fsp3) is 0.111. The van der Waals surface area contributed by atoms with Crippen molar-refractivity contribution < 1.29 is 0 Å². The van der Waals surface area contributed by atoms with Gasteiger partial charge in [0.2, 0.25) is 0 Å². The molecule has 0 aliphatic rings. The average Bonchev–Trinajstić information content (AvgIpc) is 3.37. The van der Waals surface area contributed by atoms with E-state index in [-0.39, 0.29) is 10.8 Å². The van der Waals surface area contributed by atoms with Crippen molar-refractivity contribution in [1.29, 1.82) is 5.26 Å². The van der Waals surface area contributed by atoms with Crippen LogP contribution in [0, 0.1) is 18.3 Å². The van der Waals surface area contributed by atoms with Crippen molar-refractivity contribution in [3.8, 4) is 28.8 Å². The fourth-order valence-electron chi connectivity index (χ4n) is 2.79. The number of nitrogen functional groups attached to an aromatic ring is 1. The second-order valence-electron chi connectivity index (χ2n) is 6.07. The predicted molar refractivity (Wildman–Crippen MR) is 103 cm³/mol. The predicted octanol–water partition coefficient (Wildman–Crippen LogP) is 2.59. The van der Waals surface area contributed by atoms with Crippen LogP contribution in [0.15, 0.2) is 36.7 Å². The van der Waals surface area contributed by atoms with E-state index < -0.39 is 0 Å². The van der Waals surface area contributed by atoms with Gasteiger partial charge in [0.05, 0.1) is 30.1 Å². The molecule has 0 aliphatic heterocycles. The van der Waals surface area contributed by atoms with E-state index >= 15 is 0 Å². The minimum Gasteiger partial charge on any atom is -0.382 e. The van der Waals surface area contributed by atoms with Gasteiger partial charge in [-0.25, -0.2) is 14.6 Å². The van der Waals surface area contributed by atoms with E-state index in [1.165, 1.54) is 0 Å². The Morgan fingerprint density at radius 3 is 2.89 bits per heavy atom. The number of nitrogens with two attached hydrogens (primary N) is 1. The molecule has 0 radical (unpaired) electrons. The van der Waals surface area contributed by atoms with Gasteiger partial charge in [0.1, 0.15) is 22.2 Å². The van der Waals surface area contributed by atoms with E-state index in [1.807, 2.05) is 19.1 Å². The molecule has 0 aliphatic carbocycles. The highest BCUT2D eigenvalue weighted by Gasteiger charge is 2.18. The van der Waals surface area contributed by atoms with Gasteiger partial charge in [-0.05, 0) is 24.6 Å². The van der Waals surface area contributed by atoms with Gasteiger partial charge in [-0.1, -0.05) is 28.9 Å². The van der Waals surface area contributed by atoms with Crippen LogP contribution in [0.2, 0.25) is 5.02 Å². The standard InChI is InChI=1S/C18H14ClN9/c1-10-11(7-20)3-2-4-13(10)18-23-16(15(19)17(21)24-18)14-9-28(27-26-14)8-12-5-6-22-25-12/h2-6,9H,8H2,1H3,(H,22,25)(H2,21,23,24). The number of hydrogen-bond donors (Lipinski definition) is 2. The Morgan fingerprint density at radius 1 is 1.29 bits per heavy atom. The summed E-state index contributed by atoms with van der Waals surface area (Å²) < 4.78 is 1.64. The summed E-state index contributed by atoms with van der Waals surface area (Å²) in [5.41, 5.74) is 9.75. The summed E-state index contributed by atoms with van der Waals surface area (Å²) in [6.07, 6.45) is 3.38. The SMILES string of the molecule is Cc1c(C#N)cccc1-c1nc(N)c(Cl)c(-c2cn(Cc3ccn[nH]3)nn2)n1. The van der Waals surface area contributed by atoms with E-state index in [2.05, 4.69) is 36.5 Å². The van der Waals surface area contributed by atoms with Crippen molar-refractivity contribution in [2.45, 2.75) is 13.5 Å². The van der Waals surface area contributed by atoms with Gasteiger partial charge in [-0.3, -0.25) is 5.10 Å². The molecule has 28 heavy (non-hydrogen) atoms. The minimum absolute atomic E-state index is 0.131.